The van der Waals surface area contributed by atoms with Gasteiger partial charge < -0.3 is 4.90 Å². The molecule has 1 unspecified atom stereocenters. The number of nitro benzene ring substituents is 1. The van der Waals surface area contributed by atoms with E-state index in [1.807, 2.05) is 16.8 Å². The Labute approximate surface area is 165 Å². The van der Waals surface area contributed by atoms with Crippen LogP contribution in [0.2, 0.25) is 0 Å². The second-order valence-corrected chi connectivity index (χ2v) is 8.61. The minimum Gasteiger partial charge on any atom is -0.369 e. The predicted molar refractivity (Wildman–Crippen MR) is 107 cm³/mol. The average molecular weight is 387 g/mol. The van der Waals surface area contributed by atoms with Crippen molar-refractivity contribution >= 4 is 11.4 Å². The lowest BCUT2D eigenvalue weighted by Gasteiger charge is -2.41. The van der Waals surface area contributed by atoms with Crippen LogP contribution in [0.3, 0.4) is 0 Å². The van der Waals surface area contributed by atoms with E-state index in [0.29, 0.717) is 5.92 Å². The summed E-state index contributed by atoms with van der Waals surface area (Å²) in [6.45, 7) is 14.2. The van der Waals surface area contributed by atoms with Crippen molar-refractivity contribution in [2.24, 2.45) is 5.92 Å². The van der Waals surface area contributed by atoms with Gasteiger partial charge in [-0.1, -0.05) is 13.8 Å². The molecule has 0 aliphatic carbocycles. The van der Waals surface area contributed by atoms with Crippen molar-refractivity contribution in [3.63, 3.8) is 0 Å². The van der Waals surface area contributed by atoms with Crippen molar-refractivity contribution in [2.75, 3.05) is 31.1 Å². The lowest BCUT2D eigenvalue weighted by Crippen LogP contribution is -2.49. The third-order valence-electron chi connectivity index (χ3n) is 5.16. The van der Waals surface area contributed by atoms with E-state index >= 15 is 0 Å². The molecule has 28 heavy (non-hydrogen) atoms. The minimum atomic E-state index is -0.367. The van der Waals surface area contributed by atoms with Gasteiger partial charge in [0.2, 0.25) is 0 Å². The molecule has 0 saturated carbocycles. The van der Waals surface area contributed by atoms with Crippen LogP contribution in [0.15, 0.2) is 24.3 Å². The highest BCUT2D eigenvalue weighted by atomic mass is 16.6. The fraction of sp³-hybridized carbons (Fsp3) is 0.632. The van der Waals surface area contributed by atoms with E-state index in [9.17, 15) is 10.1 Å². The first kappa shape index (κ1) is 20.2. The van der Waals surface area contributed by atoms with Crippen LogP contribution < -0.4 is 4.90 Å². The SMILES string of the molecule is CC(C)C(c1nnnn1C(C)(C)C)N1CCN(c2ccc([N+](=O)[O-])cc2)CC1. The number of aromatic nitrogens is 4. The minimum absolute atomic E-state index is 0.122. The zero-order valence-corrected chi connectivity index (χ0v) is 17.2. The molecule has 152 valence electrons. The second-order valence-electron chi connectivity index (χ2n) is 8.61. The molecule has 0 radical (unpaired) electrons. The summed E-state index contributed by atoms with van der Waals surface area (Å²) in [6, 6.07) is 6.93. The van der Waals surface area contributed by atoms with Gasteiger partial charge >= 0.3 is 0 Å². The lowest BCUT2D eigenvalue weighted by atomic mass is 9.99. The summed E-state index contributed by atoms with van der Waals surface area (Å²) in [5.74, 6) is 1.28. The summed E-state index contributed by atoms with van der Waals surface area (Å²) in [5.41, 5.74) is 0.967. The predicted octanol–water partition coefficient (Wildman–Crippen LogP) is 2.86. The second kappa shape index (κ2) is 7.83. The van der Waals surface area contributed by atoms with Gasteiger partial charge in [0.1, 0.15) is 0 Å². The Hall–Kier alpha value is -2.55. The Kier molecular flexibility index (Phi) is 5.64. The Morgan fingerprint density at radius 1 is 1.07 bits per heavy atom. The molecule has 3 rings (SSSR count). The largest absolute Gasteiger partial charge is 0.369 e. The molecule has 0 N–H and O–H groups in total. The first-order valence-electron chi connectivity index (χ1n) is 9.70. The molecule has 9 heteroatoms. The zero-order valence-electron chi connectivity index (χ0n) is 17.2. The molecule has 2 heterocycles. The van der Waals surface area contributed by atoms with Crippen LogP contribution in [0.25, 0.3) is 0 Å². The van der Waals surface area contributed by atoms with E-state index in [2.05, 4.69) is 59.9 Å². The van der Waals surface area contributed by atoms with Crippen LogP contribution in [0.4, 0.5) is 11.4 Å². The van der Waals surface area contributed by atoms with Gasteiger partial charge in [-0.25, -0.2) is 4.68 Å². The van der Waals surface area contributed by atoms with Gasteiger partial charge in [-0.15, -0.1) is 5.10 Å². The summed E-state index contributed by atoms with van der Waals surface area (Å²) in [7, 11) is 0. The molecule has 0 amide bonds. The summed E-state index contributed by atoms with van der Waals surface area (Å²) >= 11 is 0. The number of nitro groups is 1. The standard InChI is InChI=1S/C19H29N7O2/c1-14(2)17(18-20-21-22-25(18)19(3,4)5)24-12-10-23(11-13-24)15-6-8-16(9-7-15)26(27)28/h6-9,14,17H,10-13H2,1-5H3. The Bertz CT molecular complexity index is 802. The monoisotopic (exact) mass is 387 g/mol. The van der Waals surface area contributed by atoms with Crippen molar-refractivity contribution in [1.29, 1.82) is 0 Å². The van der Waals surface area contributed by atoms with Crippen molar-refractivity contribution in [1.82, 2.24) is 25.1 Å². The summed E-state index contributed by atoms with van der Waals surface area (Å²) in [4.78, 5) is 15.2. The average Bonchev–Trinajstić information content (AvgIpc) is 3.12. The van der Waals surface area contributed by atoms with Gasteiger partial charge in [0.15, 0.2) is 5.82 Å². The number of benzene rings is 1. The van der Waals surface area contributed by atoms with Crippen LogP contribution in [-0.4, -0.2) is 56.2 Å². The maximum absolute atomic E-state index is 10.8. The fourth-order valence-electron chi connectivity index (χ4n) is 3.78. The fourth-order valence-corrected chi connectivity index (χ4v) is 3.78. The van der Waals surface area contributed by atoms with Crippen molar-refractivity contribution in [3.8, 4) is 0 Å². The van der Waals surface area contributed by atoms with E-state index in [0.717, 1.165) is 37.7 Å². The Morgan fingerprint density at radius 3 is 2.18 bits per heavy atom. The van der Waals surface area contributed by atoms with Crippen molar-refractivity contribution in [2.45, 2.75) is 46.2 Å². The zero-order chi connectivity index (χ0) is 20.5. The van der Waals surface area contributed by atoms with E-state index in [1.165, 1.54) is 0 Å². The number of non-ortho nitro benzene ring substituents is 1. The van der Waals surface area contributed by atoms with E-state index in [1.54, 1.807) is 12.1 Å². The highest BCUT2D eigenvalue weighted by Crippen LogP contribution is 2.31. The van der Waals surface area contributed by atoms with Crippen LogP contribution in [0, 0.1) is 16.0 Å². The molecule has 0 bridgehead atoms. The smallest absolute Gasteiger partial charge is 0.269 e. The van der Waals surface area contributed by atoms with E-state index in [-0.39, 0.29) is 22.2 Å². The number of anilines is 1. The van der Waals surface area contributed by atoms with Gasteiger partial charge in [0.05, 0.1) is 16.5 Å². The number of hydrogen-bond donors (Lipinski definition) is 0. The number of hydrogen-bond acceptors (Lipinski definition) is 7. The Balaban J connectivity index is 1.73. The first-order chi connectivity index (χ1) is 13.2. The van der Waals surface area contributed by atoms with Crippen LogP contribution in [-0.2, 0) is 5.54 Å². The van der Waals surface area contributed by atoms with E-state index < -0.39 is 0 Å². The molecule has 1 atom stereocenters. The van der Waals surface area contributed by atoms with Crippen LogP contribution >= 0.6 is 0 Å². The molecule has 1 aromatic heterocycles. The molecule has 1 aromatic carbocycles. The van der Waals surface area contributed by atoms with Gasteiger partial charge in [-0.3, -0.25) is 15.0 Å². The topological polar surface area (TPSA) is 93.2 Å². The highest BCUT2D eigenvalue weighted by molar-refractivity contribution is 5.51. The van der Waals surface area contributed by atoms with Gasteiger partial charge in [0.25, 0.3) is 5.69 Å². The Morgan fingerprint density at radius 2 is 1.68 bits per heavy atom. The van der Waals surface area contributed by atoms with Gasteiger partial charge in [-0.05, 0) is 49.2 Å². The number of tetrazole rings is 1. The summed E-state index contributed by atoms with van der Waals surface area (Å²) in [5, 5.41) is 23.4. The quantitative estimate of drug-likeness (QED) is 0.575. The van der Waals surface area contributed by atoms with Crippen molar-refractivity contribution in [3.05, 3.63) is 40.2 Å². The normalized spacial score (nSPS) is 17.1. The molecular weight excluding hydrogens is 358 g/mol. The highest BCUT2D eigenvalue weighted by Gasteiger charge is 2.33. The molecule has 1 fully saturated rings. The van der Waals surface area contributed by atoms with Crippen LogP contribution in [0.5, 0.6) is 0 Å². The maximum Gasteiger partial charge on any atom is 0.269 e. The summed E-state index contributed by atoms with van der Waals surface area (Å²) < 4.78 is 1.93. The molecule has 1 aliphatic rings. The lowest BCUT2D eigenvalue weighted by molar-refractivity contribution is -0.384. The molecular formula is C19H29N7O2. The number of nitrogens with zero attached hydrogens (tertiary/aromatic N) is 7. The summed E-state index contributed by atoms with van der Waals surface area (Å²) in [6.07, 6.45) is 0. The van der Waals surface area contributed by atoms with Crippen LogP contribution in [0.1, 0.15) is 46.5 Å². The number of rotatable bonds is 5. The van der Waals surface area contributed by atoms with Gasteiger partial charge in [0, 0.05) is 44.0 Å². The molecule has 0 spiro atoms. The maximum atomic E-state index is 10.8. The molecule has 2 aromatic rings. The number of piperazine rings is 1. The van der Waals surface area contributed by atoms with Crippen molar-refractivity contribution < 1.29 is 4.92 Å². The van der Waals surface area contributed by atoms with E-state index in [4.69, 9.17) is 0 Å². The third-order valence-corrected chi connectivity index (χ3v) is 5.16. The third kappa shape index (κ3) is 4.14. The van der Waals surface area contributed by atoms with Gasteiger partial charge in [-0.2, -0.15) is 0 Å². The molecule has 9 nitrogen and oxygen atoms in total. The first-order valence-corrected chi connectivity index (χ1v) is 9.70. The molecule has 1 aliphatic heterocycles. The molecule has 1 saturated heterocycles.